The van der Waals surface area contributed by atoms with Crippen LogP contribution >= 0.6 is 11.8 Å². The fourth-order valence-corrected chi connectivity index (χ4v) is 4.61. The first-order valence-electron chi connectivity index (χ1n) is 11.0. The highest BCUT2D eigenvalue weighted by Crippen LogP contribution is 2.39. The maximum atomic E-state index is 6.34. The lowest BCUT2D eigenvalue weighted by Crippen LogP contribution is -2.17. The molecule has 1 aromatic heterocycles. The first kappa shape index (κ1) is 20.1. The standard InChI is InChI=1S/C24H26N4O2S/c1-2-15-31-24-26-23-21(27-28-24)19-9-5-6-10-20(19)25-22(30-23)16-11-13-18(14-12-16)29-17-7-3-4-8-17/h5-6,9-14,17,22,25H,2-4,7-8,15H2,1H3/t22-/m1/s1. The molecule has 7 heteroatoms. The molecule has 1 aliphatic heterocycles. The highest BCUT2D eigenvalue weighted by molar-refractivity contribution is 7.99. The summed E-state index contributed by atoms with van der Waals surface area (Å²) >= 11 is 1.59. The van der Waals surface area contributed by atoms with E-state index in [1.54, 1.807) is 11.8 Å². The highest BCUT2D eigenvalue weighted by Gasteiger charge is 2.26. The molecule has 1 aliphatic carbocycles. The quantitative estimate of drug-likeness (QED) is 0.487. The summed E-state index contributed by atoms with van der Waals surface area (Å²) in [7, 11) is 0. The molecule has 6 nitrogen and oxygen atoms in total. The van der Waals surface area contributed by atoms with E-state index in [-0.39, 0.29) is 6.23 Å². The molecule has 31 heavy (non-hydrogen) atoms. The second-order valence-electron chi connectivity index (χ2n) is 7.88. The number of hydrogen-bond acceptors (Lipinski definition) is 7. The number of aromatic nitrogens is 3. The number of para-hydroxylation sites is 1. The molecule has 0 saturated heterocycles. The summed E-state index contributed by atoms with van der Waals surface area (Å²) in [5.74, 6) is 2.36. The number of benzene rings is 2. The molecule has 0 spiro atoms. The molecule has 0 radical (unpaired) electrons. The lowest BCUT2D eigenvalue weighted by molar-refractivity contribution is 0.209. The van der Waals surface area contributed by atoms with Gasteiger partial charge in [0.1, 0.15) is 5.75 Å². The van der Waals surface area contributed by atoms with Crippen LogP contribution in [0.15, 0.2) is 53.7 Å². The first-order chi connectivity index (χ1) is 15.3. The van der Waals surface area contributed by atoms with Crippen molar-refractivity contribution in [2.75, 3.05) is 11.1 Å². The van der Waals surface area contributed by atoms with Crippen molar-refractivity contribution in [2.45, 2.75) is 56.5 Å². The third-order valence-electron chi connectivity index (χ3n) is 5.56. The fraction of sp³-hybridized carbons (Fsp3) is 0.375. The van der Waals surface area contributed by atoms with Crippen molar-refractivity contribution in [1.29, 1.82) is 0 Å². The summed E-state index contributed by atoms with van der Waals surface area (Å²) < 4.78 is 12.5. The van der Waals surface area contributed by atoms with Crippen LogP contribution < -0.4 is 14.8 Å². The predicted octanol–water partition coefficient (Wildman–Crippen LogP) is 5.87. The molecule has 2 heterocycles. The third-order valence-corrected chi connectivity index (χ3v) is 6.60. The molecule has 0 unspecified atom stereocenters. The van der Waals surface area contributed by atoms with E-state index in [9.17, 15) is 0 Å². The van der Waals surface area contributed by atoms with Crippen LogP contribution in [0, 0.1) is 0 Å². The van der Waals surface area contributed by atoms with Gasteiger partial charge in [-0.05, 0) is 62.4 Å². The lowest BCUT2D eigenvalue weighted by atomic mass is 10.1. The maximum absolute atomic E-state index is 6.34. The lowest BCUT2D eigenvalue weighted by Gasteiger charge is -2.20. The molecule has 1 saturated carbocycles. The number of nitrogens with zero attached hydrogens (tertiary/aromatic N) is 3. The van der Waals surface area contributed by atoms with Gasteiger partial charge in [0.2, 0.25) is 11.0 Å². The second-order valence-corrected chi connectivity index (χ2v) is 8.94. The summed E-state index contributed by atoms with van der Waals surface area (Å²) in [6.45, 7) is 2.14. The van der Waals surface area contributed by atoms with Crippen molar-refractivity contribution >= 4 is 17.4 Å². The van der Waals surface area contributed by atoms with Crippen molar-refractivity contribution in [3.63, 3.8) is 0 Å². The van der Waals surface area contributed by atoms with Gasteiger partial charge in [0.05, 0.1) is 6.10 Å². The summed E-state index contributed by atoms with van der Waals surface area (Å²) in [6, 6.07) is 16.2. The van der Waals surface area contributed by atoms with Crippen LogP contribution in [0.3, 0.4) is 0 Å². The minimum Gasteiger partial charge on any atom is -0.490 e. The number of ether oxygens (including phenoxy) is 2. The monoisotopic (exact) mass is 434 g/mol. The Morgan fingerprint density at radius 1 is 1.06 bits per heavy atom. The maximum Gasteiger partial charge on any atom is 0.247 e. The minimum atomic E-state index is -0.386. The van der Waals surface area contributed by atoms with Crippen molar-refractivity contribution in [2.24, 2.45) is 0 Å². The molecule has 2 aliphatic rings. The van der Waals surface area contributed by atoms with Gasteiger partial charge in [-0.15, -0.1) is 10.2 Å². The zero-order valence-corrected chi connectivity index (χ0v) is 18.4. The third kappa shape index (κ3) is 4.46. The van der Waals surface area contributed by atoms with Gasteiger partial charge in [0, 0.05) is 22.6 Å². The topological polar surface area (TPSA) is 69.2 Å². The fourth-order valence-electron chi connectivity index (χ4n) is 3.97. The van der Waals surface area contributed by atoms with Crippen molar-refractivity contribution in [1.82, 2.24) is 15.2 Å². The van der Waals surface area contributed by atoms with Crippen LogP contribution in [0.5, 0.6) is 11.6 Å². The van der Waals surface area contributed by atoms with E-state index >= 15 is 0 Å². The van der Waals surface area contributed by atoms with Crippen molar-refractivity contribution in [3.05, 3.63) is 54.1 Å². The number of nitrogens with one attached hydrogen (secondary N) is 1. The Labute approximate surface area is 186 Å². The van der Waals surface area contributed by atoms with E-state index in [1.165, 1.54) is 12.8 Å². The Bertz CT molecular complexity index is 1040. The molecule has 3 aromatic rings. The van der Waals surface area contributed by atoms with Gasteiger partial charge in [0.15, 0.2) is 11.9 Å². The van der Waals surface area contributed by atoms with Crippen LogP contribution in [0.25, 0.3) is 11.3 Å². The molecule has 1 fully saturated rings. The van der Waals surface area contributed by atoms with Crippen LogP contribution in [-0.4, -0.2) is 27.0 Å². The summed E-state index contributed by atoms with van der Waals surface area (Å²) in [4.78, 5) is 4.67. The zero-order valence-electron chi connectivity index (χ0n) is 17.6. The SMILES string of the molecule is CCCSc1nnc2c(n1)O[C@H](c1ccc(OC3CCCC3)cc1)Nc1ccccc1-2. The van der Waals surface area contributed by atoms with Gasteiger partial charge in [-0.3, -0.25) is 0 Å². The summed E-state index contributed by atoms with van der Waals surface area (Å²) in [6.07, 6.45) is 5.82. The largest absolute Gasteiger partial charge is 0.490 e. The van der Waals surface area contributed by atoms with E-state index < -0.39 is 0 Å². The van der Waals surface area contributed by atoms with Crippen LogP contribution in [0.1, 0.15) is 50.8 Å². The van der Waals surface area contributed by atoms with Gasteiger partial charge >= 0.3 is 0 Å². The van der Waals surface area contributed by atoms with Gasteiger partial charge < -0.3 is 14.8 Å². The molecule has 0 bridgehead atoms. The number of rotatable bonds is 6. The number of fused-ring (bicyclic) bond motifs is 3. The van der Waals surface area contributed by atoms with Crippen LogP contribution in [0.2, 0.25) is 0 Å². The average Bonchev–Trinajstić information content (AvgIpc) is 3.25. The van der Waals surface area contributed by atoms with Gasteiger partial charge in [-0.2, -0.15) is 4.98 Å². The normalized spacial score (nSPS) is 17.8. The molecule has 160 valence electrons. The molecule has 5 rings (SSSR count). The molecule has 1 atom stereocenters. The smallest absolute Gasteiger partial charge is 0.247 e. The van der Waals surface area contributed by atoms with E-state index in [0.29, 0.717) is 22.8 Å². The molecular formula is C24H26N4O2S. The average molecular weight is 435 g/mol. The van der Waals surface area contributed by atoms with Crippen molar-refractivity contribution < 1.29 is 9.47 Å². The Morgan fingerprint density at radius 2 is 1.87 bits per heavy atom. The van der Waals surface area contributed by atoms with E-state index in [0.717, 1.165) is 47.6 Å². The summed E-state index contributed by atoms with van der Waals surface area (Å²) in [5, 5.41) is 12.9. The van der Waals surface area contributed by atoms with E-state index in [2.05, 4.69) is 39.6 Å². The molecular weight excluding hydrogens is 408 g/mol. The number of anilines is 1. The number of thioether (sulfide) groups is 1. The van der Waals surface area contributed by atoms with Gasteiger partial charge in [-0.1, -0.05) is 36.9 Å². The van der Waals surface area contributed by atoms with E-state index in [4.69, 9.17) is 9.47 Å². The van der Waals surface area contributed by atoms with Crippen LogP contribution in [-0.2, 0) is 0 Å². The summed E-state index contributed by atoms with van der Waals surface area (Å²) in [5.41, 5.74) is 3.55. The first-order valence-corrected chi connectivity index (χ1v) is 12.0. The Kier molecular flexibility index (Phi) is 5.93. The van der Waals surface area contributed by atoms with Crippen LogP contribution in [0.4, 0.5) is 5.69 Å². The molecule has 2 aromatic carbocycles. The van der Waals surface area contributed by atoms with Gasteiger partial charge in [0.25, 0.3) is 0 Å². The Hall–Kier alpha value is -2.80. The Morgan fingerprint density at radius 3 is 2.68 bits per heavy atom. The minimum absolute atomic E-state index is 0.346. The van der Waals surface area contributed by atoms with Gasteiger partial charge in [-0.25, -0.2) is 0 Å². The zero-order chi connectivity index (χ0) is 21.0. The number of hydrogen-bond donors (Lipinski definition) is 1. The van der Waals surface area contributed by atoms with Crippen molar-refractivity contribution in [3.8, 4) is 22.9 Å². The predicted molar refractivity (Wildman–Crippen MR) is 123 cm³/mol. The second kappa shape index (κ2) is 9.14. The molecule has 0 amide bonds. The molecule has 1 N–H and O–H groups in total. The van der Waals surface area contributed by atoms with E-state index in [1.807, 2.05) is 36.4 Å². The highest BCUT2D eigenvalue weighted by atomic mass is 32.2. The Balaban J connectivity index is 1.44.